The van der Waals surface area contributed by atoms with Crippen molar-refractivity contribution in [3.63, 3.8) is 0 Å². The van der Waals surface area contributed by atoms with E-state index in [1.54, 1.807) is 0 Å². The second-order valence-electron chi connectivity index (χ2n) is 2.40. The zero-order valence-corrected chi connectivity index (χ0v) is 9.49. The largest absolute Gasteiger partial charge is 0.103 e. The van der Waals surface area contributed by atoms with Crippen molar-refractivity contribution >= 4 is 24.5 Å². The summed E-state index contributed by atoms with van der Waals surface area (Å²) in [4.78, 5) is 0. The predicted octanol–water partition coefficient (Wildman–Crippen LogP) is 3.93. The third-order valence-corrected chi connectivity index (χ3v) is 3.25. The molecule has 0 bridgehead atoms. The minimum absolute atomic E-state index is 0.950. The van der Waals surface area contributed by atoms with Gasteiger partial charge in [-0.3, -0.25) is 0 Å². The van der Waals surface area contributed by atoms with E-state index >= 15 is 0 Å². The summed E-state index contributed by atoms with van der Waals surface area (Å²) in [5.41, 5.74) is 0. The van der Waals surface area contributed by atoms with Crippen molar-refractivity contribution in [1.82, 2.24) is 0 Å². The van der Waals surface area contributed by atoms with Crippen LogP contribution < -0.4 is 0 Å². The van der Waals surface area contributed by atoms with Crippen LogP contribution in [0.5, 0.6) is 0 Å². The summed E-state index contributed by atoms with van der Waals surface area (Å²) in [5.74, 6) is 0. The summed E-state index contributed by atoms with van der Waals surface area (Å²) >= 11 is 3.41. The molecule has 0 aliphatic rings. The molecule has 0 amide bonds. The molecule has 11 heavy (non-hydrogen) atoms. The van der Waals surface area contributed by atoms with Gasteiger partial charge in [-0.1, -0.05) is 42.5 Å². The average molecular weight is 235 g/mol. The molecule has 0 nitrogen and oxygen atoms in total. The van der Waals surface area contributed by atoms with Crippen LogP contribution in [0.2, 0.25) is 0 Å². The Labute approximate surface area is 80.1 Å². The van der Waals surface area contributed by atoms with Crippen LogP contribution in [0.1, 0.15) is 19.3 Å². The standard InChI is InChI=1S/C9H16BrP/c1-3-4-6-9(2)11-8-5-7-10/h3,11H,1-2,4-8H2. The minimum atomic E-state index is 0.950. The second-order valence-corrected chi connectivity index (χ2v) is 4.75. The number of halogens is 1. The predicted molar refractivity (Wildman–Crippen MR) is 60.2 cm³/mol. The van der Waals surface area contributed by atoms with Gasteiger partial charge >= 0.3 is 0 Å². The molecule has 0 saturated heterocycles. The molecule has 0 aromatic carbocycles. The van der Waals surface area contributed by atoms with Crippen LogP contribution in [-0.4, -0.2) is 11.5 Å². The van der Waals surface area contributed by atoms with E-state index in [-0.39, 0.29) is 0 Å². The number of rotatable bonds is 7. The molecular formula is C9H16BrP. The Morgan fingerprint density at radius 2 is 2.27 bits per heavy atom. The second kappa shape index (κ2) is 8.49. The molecule has 0 aromatic rings. The Morgan fingerprint density at radius 1 is 1.55 bits per heavy atom. The molecule has 0 radical (unpaired) electrons. The highest BCUT2D eigenvalue weighted by Crippen LogP contribution is 2.26. The molecule has 0 aromatic heterocycles. The lowest BCUT2D eigenvalue weighted by Gasteiger charge is -2.01. The molecular weight excluding hydrogens is 219 g/mol. The fourth-order valence-electron chi connectivity index (χ4n) is 0.697. The van der Waals surface area contributed by atoms with Gasteiger partial charge in [0.15, 0.2) is 0 Å². The molecule has 1 unspecified atom stereocenters. The van der Waals surface area contributed by atoms with Crippen molar-refractivity contribution in [2.75, 3.05) is 11.5 Å². The van der Waals surface area contributed by atoms with Gasteiger partial charge in [-0.05, 0) is 25.4 Å². The van der Waals surface area contributed by atoms with Crippen LogP contribution in [0, 0.1) is 0 Å². The molecule has 0 heterocycles. The van der Waals surface area contributed by atoms with E-state index in [9.17, 15) is 0 Å². The van der Waals surface area contributed by atoms with Crippen molar-refractivity contribution in [3.05, 3.63) is 24.5 Å². The van der Waals surface area contributed by atoms with Gasteiger partial charge in [-0.25, -0.2) is 0 Å². The number of allylic oxidation sites excluding steroid dienone is 2. The minimum Gasteiger partial charge on any atom is -0.103 e. The number of hydrogen-bond donors (Lipinski definition) is 0. The summed E-state index contributed by atoms with van der Waals surface area (Å²) in [7, 11) is 0.950. The van der Waals surface area contributed by atoms with Crippen LogP contribution in [0.25, 0.3) is 0 Å². The average Bonchev–Trinajstić information content (AvgIpc) is 2.01. The zero-order chi connectivity index (χ0) is 8.53. The third kappa shape index (κ3) is 8.29. The van der Waals surface area contributed by atoms with Gasteiger partial charge in [-0.2, -0.15) is 0 Å². The van der Waals surface area contributed by atoms with Crippen molar-refractivity contribution in [2.24, 2.45) is 0 Å². The Balaban J connectivity index is 3.15. The number of hydrogen-bond acceptors (Lipinski definition) is 0. The highest BCUT2D eigenvalue weighted by Gasteiger charge is 1.92. The molecule has 0 aliphatic heterocycles. The molecule has 0 saturated carbocycles. The normalized spacial score (nSPS) is 10.6. The third-order valence-electron chi connectivity index (χ3n) is 1.34. The van der Waals surface area contributed by atoms with Crippen LogP contribution in [0.3, 0.4) is 0 Å². The first-order chi connectivity index (χ1) is 5.31. The first-order valence-corrected chi connectivity index (χ1v) is 6.22. The van der Waals surface area contributed by atoms with E-state index in [2.05, 4.69) is 29.1 Å². The molecule has 1 atom stereocenters. The van der Waals surface area contributed by atoms with Gasteiger partial charge in [0.05, 0.1) is 0 Å². The molecule has 64 valence electrons. The van der Waals surface area contributed by atoms with Gasteiger partial charge in [0.25, 0.3) is 0 Å². The smallest absolute Gasteiger partial charge is 0.00346 e. The monoisotopic (exact) mass is 234 g/mol. The lowest BCUT2D eigenvalue weighted by molar-refractivity contribution is 1.04. The van der Waals surface area contributed by atoms with Crippen molar-refractivity contribution in [2.45, 2.75) is 19.3 Å². The van der Waals surface area contributed by atoms with Crippen LogP contribution >= 0.6 is 24.5 Å². The summed E-state index contributed by atoms with van der Waals surface area (Å²) < 4.78 is 0. The Bertz CT molecular complexity index is 121. The Hall–Kier alpha value is 0.390. The lowest BCUT2D eigenvalue weighted by atomic mass is 10.3. The Morgan fingerprint density at radius 3 is 2.82 bits per heavy atom. The van der Waals surface area contributed by atoms with E-state index in [4.69, 9.17) is 0 Å². The highest BCUT2D eigenvalue weighted by atomic mass is 79.9. The fraction of sp³-hybridized carbons (Fsp3) is 0.556. The summed E-state index contributed by atoms with van der Waals surface area (Å²) in [6.45, 7) is 7.70. The van der Waals surface area contributed by atoms with E-state index in [1.165, 1.54) is 17.9 Å². The van der Waals surface area contributed by atoms with Gasteiger partial charge < -0.3 is 0 Å². The maximum atomic E-state index is 4.01. The first-order valence-electron chi connectivity index (χ1n) is 3.89. The molecule has 0 aliphatic carbocycles. The number of alkyl halides is 1. The molecule has 0 N–H and O–H groups in total. The van der Waals surface area contributed by atoms with Crippen molar-refractivity contribution in [1.29, 1.82) is 0 Å². The van der Waals surface area contributed by atoms with Gasteiger partial charge in [0, 0.05) is 5.33 Å². The molecule has 0 spiro atoms. The van der Waals surface area contributed by atoms with Crippen molar-refractivity contribution < 1.29 is 0 Å². The molecule has 2 heteroatoms. The van der Waals surface area contributed by atoms with Gasteiger partial charge in [0.2, 0.25) is 0 Å². The zero-order valence-electron chi connectivity index (χ0n) is 6.91. The first kappa shape index (κ1) is 11.4. The lowest BCUT2D eigenvalue weighted by Crippen LogP contribution is -1.79. The summed E-state index contributed by atoms with van der Waals surface area (Å²) in [6.07, 6.45) is 6.73. The SMILES string of the molecule is C=CCCC(=C)PCCCBr. The summed E-state index contributed by atoms with van der Waals surface area (Å²) in [5, 5.41) is 2.51. The van der Waals surface area contributed by atoms with Crippen LogP contribution in [0.4, 0.5) is 0 Å². The van der Waals surface area contributed by atoms with E-state index in [0.717, 1.165) is 26.8 Å². The molecule has 0 rings (SSSR count). The summed E-state index contributed by atoms with van der Waals surface area (Å²) in [6, 6.07) is 0. The Kier molecular flexibility index (Phi) is 8.79. The maximum Gasteiger partial charge on any atom is 0.00346 e. The highest BCUT2D eigenvalue weighted by molar-refractivity contribution is 9.09. The van der Waals surface area contributed by atoms with Crippen LogP contribution in [0.15, 0.2) is 24.5 Å². The maximum absolute atomic E-state index is 4.01. The quantitative estimate of drug-likeness (QED) is 0.271. The van der Waals surface area contributed by atoms with E-state index in [1.807, 2.05) is 6.08 Å². The van der Waals surface area contributed by atoms with E-state index in [0.29, 0.717) is 0 Å². The fourth-order valence-corrected chi connectivity index (χ4v) is 2.52. The van der Waals surface area contributed by atoms with Crippen LogP contribution in [-0.2, 0) is 0 Å². The van der Waals surface area contributed by atoms with Crippen molar-refractivity contribution in [3.8, 4) is 0 Å². The molecule has 0 fully saturated rings. The van der Waals surface area contributed by atoms with E-state index < -0.39 is 0 Å². The topological polar surface area (TPSA) is 0 Å². The van der Waals surface area contributed by atoms with Gasteiger partial charge in [0.1, 0.15) is 0 Å². The van der Waals surface area contributed by atoms with Gasteiger partial charge in [-0.15, -0.1) is 6.58 Å².